The zero-order valence-corrected chi connectivity index (χ0v) is 19.9. The van der Waals surface area contributed by atoms with Crippen molar-refractivity contribution in [1.82, 2.24) is 15.1 Å². The second-order valence-corrected chi connectivity index (χ2v) is 10.1. The van der Waals surface area contributed by atoms with E-state index in [-0.39, 0.29) is 11.8 Å². The molecule has 0 atom stereocenters. The second kappa shape index (κ2) is 8.57. The molecule has 0 aliphatic carbocycles. The third-order valence-electron chi connectivity index (χ3n) is 6.59. The van der Waals surface area contributed by atoms with Gasteiger partial charge in [0.05, 0.1) is 25.4 Å². The topological polar surface area (TPSA) is 65.0 Å². The summed E-state index contributed by atoms with van der Waals surface area (Å²) in [6.07, 6.45) is 1.68. The number of hydrogen-bond acceptors (Lipinski definition) is 8. The van der Waals surface area contributed by atoms with Gasteiger partial charge in [-0.05, 0) is 18.2 Å². The lowest BCUT2D eigenvalue weighted by Gasteiger charge is -2.50. The van der Waals surface area contributed by atoms with Crippen LogP contribution < -0.4 is 14.9 Å². The van der Waals surface area contributed by atoms with Gasteiger partial charge < -0.3 is 14.5 Å². The third-order valence-corrected chi connectivity index (χ3v) is 7.53. The predicted octanol–water partition coefficient (Wildman–Crippen LogP) is 2.97. The smallest absolute Gasteiger partial charge is 0.227 e. The van der Waals surface area contributed by atoms with Gasteiger partial charge in [0.1, 0.15) is 17.2 Å². The largest absolute Gasteiger partial charge is 0.376 e. The van der Waals surface area contributed by atoms with Crippen molar-refractivity contribution < 1.29 is 13.9 Å². The number of alkyl halides is 1. The average molecular weight is 473 g/mol. The van der Waals surface area contributed by atoms with Crippen molar-refractivity contribution in [3.63, 3.8) is 0 Å². The van der Waals surface area contributed by atoms with Gasteiger partial charge in [0.15, 0.2) is 0 Å². The number of amides is 1. The summed E-state index contributed by atoms with van der Waals surface area (Å²) in [5.74, 6) is 0.211. The molecule has 4 heterocycles. The number of hydrogen-bond donors (Lipinski definition) is 0. The first kappa shape index (κ1) is 22.1. The lowest BCUT2D eigenvalue weighted by Crippen LogP contribution is -2.67. The van der Waals surface area contributed by atoms with Crippen LogP contribution in [0.25, 0.3) is 6.08 Å². The second-order valence-electron chi connectivity index (χ2n) is 9.09. The molecule has 8 nitrogen and oxygen atoms in total. The standard InChI is InChI=1S/C23H29FN6O2S/c1-4-20-25-26-22(33-20)29-12-17-18(27-8-10-28(11-9-27)21(31)16(2)3)6-5-7-19(17)30(29)23(13-24)14-32-15-23/h4-7,16H,1,8-15H2,2-3H3. The number of nitrogens with zero attached hydrogens (tertiary/aromatic N) is 6. The fraction of sp³-hybridized carbons (Fsp3) is 0.522. The lowest BCUT2D eigenvalue weighted by atomic mass is 9.97. The molecule has 2 aromatic rings. The summed E-state index contributed by atoms with van der Waals surface area (Å²) in [5.41, 5.74) is 2.49. The molecule has 0 radical (unpaired) electrons. The number of halogens is 1. The molecule has 3 aliphatic rings. The highest BCUT2D eigenvalue weighted by Gasteiger charge is 2.51. The number of hydrazine groups is 1. The molecule has 2 saturated heterocycles. The van der Waals surface area contributed by atoms with E-state index < -0.39 is 12.2 Å². The molecule has 0 bridgehead atoms. The van der Waals surface area contributed by atoms with E-state index in [1.807, 2.05) is 40.9 Å². The van der Waals surface area contributed by atoms with Gasteiger partial charge in [-0.25, -0.2) is 4.39 Å². The Morgan fingerprint density at radius 3 is 2.55 bits per heavy atom. The number of ether oxygens (including phenoxy) is 1. The van der Waals surface area contributed by atoms with E-state index in [1.54, 1.807) is 6.08 Å². The van der Waals surface area contributed by atoms with Crippen molar-refractivity contribution in [2.75, 3.05) is 61.0 Å². The monoisotopic (exact) mass is 472 g/mol. The van der Waals surface area contributed by atoms with Crippen molar-refractivity contribution in [2.24, 2.45) is 5.92 Å². The number of carbonyl (C=O) groups is 1. The number of carbonyl (C=O) groups excluding carboxylic acids is 1. The molecule has 176 valence electrons. The number of benzene rings is 1. The maximum Gasteiger partial charge on any atom is 0.227 e. The molecule has 0 spiro atoms. The van der Waals surface area contributed by atoms with Gasteiger partial charge in [-0.3, -0.25) is 14.8 Å². The van der Waals surface area contributed by atoms with Crippen LogP contribution in [0.5, 0.6) is 0 Å². The highest BCUT2D eigenvalue weighted by Crippen LogP contribution is 2.46. The average Bonchev–Trinajstić information content (AvgIpc) is 3.43. The minimum atomic E-state index is -0.744. The van der Waals surface area contributed by atoms with Gasteiger partial charge in [0, 0.05) is 43.3 Å². The number of anilines is 3. The quantitative estimate of drug-likeness (QED) is 0.641. The molecule has 1 aromatic carbocycles. The number of aromatic nitrogens is 2. The van der Waals surface area contributed by atoms with E-state index in [2.05, 4.69) is 27.7 Å². The first-order chi connectivity index (χ1) is 16.0. The Morgan fingerprint density at radius 1 is 1.24 bits per heavy atom. The van der Waals surface area contributed by atoms with Gasteiger partial charge in [0.25, 0.3) is 0 Å². The Balaban J connectivity index is 1.47. The van der Waals surface area contributed by atoms with Crippen molar-refractivity contribution >= 4 is 39.8 Å². The number of fused-ring (bicyclic) bond motifs is 1. The fourth-order valence-electron chi connectivity index (χ4n) is 4.77. The maximum atomic E-state index is 14.4. The van der Waals surface area contributed by atoms with Gasteiger partial charge in [-0.2, -0.15) is 0 Å². The Labute approximate surface area is 197 Å². The Kier molecular flexibility index (Phi) is 5.74. The van der Waals surface area contributed by atoms with Crippen LogP contribution in [0.1, 0.15) is 24.4 Å². The molecular weight excluding hydrogens is 443 g/mol. The van der Waals surface area contributed by atoms with Crippen molar-refractivity contribution in [1.29, 1.82) is 0 Å². The summed E-state index contributed by atoms with van der Waals surface area (Å²) in [6.45, 7) is 11.3. The highest BCUT2D eigenvalue weighted by molar-refractivity contribution is 7.16. The number of rotatable bonds is 6. The van der Waals surface area contributed by atoms with Crippen LogP contribution in [0.15, 0.2) is 24.8 Å². The summed E-state index contributed by atoms with van der Waals surface area (Å²) in [4.78, 5) is 16.7. The zero-order chi connectivity index (χ0) is 23.2. The van der Waals surface area contributed by atoms with E-state index >= 15 is 0 Å². The minimum Gasteiger partial charge on any atom is -0.376 e. The zero-order valence-electron chi connectivity index (χ0n) is 19.0. The molecule has 5 rings (SSSR count). The van der Waals surface area contributed by atoms with E-state index in [0.29, 0.717) is 38.0 Å². The molecule has 10 heteroatoms. The molecule has 0 N–H and O–H groups in total. The third kappa shape index (κ3) is 3.65. The summed E-state index contributed by atoms with van der Waals surface area (Å²) >= 11 is 1.44. The van der Waals surface area contributed by atoms with Crippen molar-refractivity contribution in [3.8, 4) is 0 Å². The van der Waals surface area contributed by atoms with Crippen LogP contribution in [0.4, 0.5) is 20.9 Å². The first-order valence-electron chi connectivity index (χ1n) is 11.3. The Bertz CT molecular complexity index is 1040. The highest BCUT2D eigenvalue weighted by atomic mass is 32.1. The van der Waals surface area contributed by atoms with E-state index in [0.717, 1.165) is 35.0 Å². The summed E-state index contributed by atoms with van der Waals surface area (Å²) < 4.78 is 19.9. The van der Waals surface area contributed by atoms with E-state index in [1.165, 1.54) is 11.3 Å². The van der Waals surface area contributed by atoms with Gasteiger partial charge >= 0.3 is 0 Å². The van der Waals surface area contributed by atoms with Gasteiger partial charge in [-0.1, -0.05) is 37.8 Å². The Morgan fingerprint density at radius 2 is 1.97 bits per heavy atom. The van der Waals surface area contributed by atoms with Crippen LogP contribution >= 0.6 is 11.3 Å². The van der Waals surface area contributed by atoms with Crippen LogP contribution in [-0.4, -0.2) is 72.6 Å². The molecular formula is C23H29FN6O2S. The summed E-state index contributed by atoms with van der Waals surface area (Å²) in [5, 5.41) is 14.0. The molecule has 0 saturated carbocycles. The predicted molar refractivity (Wildman–Crippen MR) is 128 cm³/mol. The molecule has 0 unspecified atom stereocenters. The van der Waals surface area contributed by atoms with Crippen molar-refractivity contribution in [3.05, 3.63) is 35.3 Å². The Hall–Kier alpha value is -2.72. The molecule has 1 aromatic heterocycles. The molecule has 3 aliphatic heterocycles. The van der Waals surface area contributed by atoms with Gasteiger partial charge in [0.2, 0.25) is 11.0 Å². The molecule has 1 amide bonds. The lowest BCUT2D eigenvalue weighted by molar-refractivity contribution is -0.134. The normalized spacial score (nSPS) is 19.6. The molecule has 33 heavy (non-hydrogen) atoms. The van der Waals surface area contributed by atoms with Crippen LogP contribution in [0.3, 0.4) is 0 Å². The van der Waals surface area contributed by atoms with E-state index in [9.17, 15) is 9.18 Å². The van der Waals surface area contributed by atoms with Crippen molar-refractivity contribution in [2.45, 2.75) is 25.9 Å². The van der Waals surface area contributed by atoms with Gasteiger partial charge in [-0.15, -0.1) is 10.2 Å². The van der Waals surface area contributed by atoms with Crippen LogP contribution in [0, 0.1) is 5.92 Å². The maximum absolute atomic E-state index is 14.4. The van der Waals surface area contributed by atoms with Crippen LogP contribution in [0.2, 0.25) is 0 Å². The summed E-state index contributed by atoms with van der Waals surface area (Å²) in [7, 11) is 0. The number of piperazine rings is 1. The minimum absolute atomic E-state index is 0.00795. The van der Waals surface area contributed by atoms with Crippen LogP contribution in [-0.2, 0) is 16.1 Å². The van der Waals surface area contributed by atoms with E-state index in [4.69, 9.17) is 4.74 Å². The fourth-order valence-corrected chi connectivity index (χ4v) is 5.46. The first-order valence-corrected chi connectivity index (χ1v) is 12.1. The SMILES string of the molecule is C=Cc1nnc(N2Cc3c(N4CCN(C(=O)C(C)C)CC4)cccc3N2C2(CF)COC2)s1. The molecule has 2 fully saturated rings. The summed E-state index contributed by atoms with van der Waals surface area (Å²) in [6, 6.07) is 6.19.